The number of benzene rings is 2. The lowest BCUT2D eigenvalue weighted by atomic mass is 10.1. The Morgan fingerprint density at radius 2 is 2.00 bits per heavy atom. The van der Waals surface area contributed by atoms with Crippen molar-refractivity contribution in [2.24, 2.45) is 0 Å². The highest BCUT2D eigenvalue weighted by Gasteiger charge is 2.26. The molecule has 0 aliphatic heterocycles. The molecule has 1 atom stereocenters. The zero-order valence-electron chi connectivity index (χ0n) is 15.2. The van der Waals surface area contributed by atoms with Crippen LogP contribution in [0.5, 0.6) is 0 Å². The molecule has 4 aromatic rings. The lowest BCUT2D eigenvalue weighted by Gasteiger charge is -2.22. The molecule has 0 radical (unpaired) electrons. The summed E-state index contributed by atoms with van der Waals surface area (Å²) in [6.45, 7) is 1.42. The lowest BCUT2D eigenvalue weighted by Crippen LogP contribution is -2.21. The van der Waals surface area contributed by atoms with Gasteiger partial charge in [-0.15, -0.1) is 0 Å². The molecule has 0 fully saturated rings. The summed E-state index contributed by atoms with van der Waals surface area (Å²) in [5.41, 5.74) is 2.52. The summed E-state index contributed by atoms with van der Waals surface area (Å²) >= 11 is 3.74. The molecule has 0 aliphatic rings. The first-order chi connectivity index (χ1) is 13.9. The number of carboxylic acids is 1. The highest BCUT2D eigenvalue weighted by Crippen LogP contribution is 2.41. The van der Waals surface area contributed by atoms with E-state index in [-0.39, 0.29) is 6.54 Å². The summed E-state index contributed by atoms with van der Waals surface area (Å²) in [5, 5.41) is 11.2. The van der Waals surface area contributed by atoms with Gasteiger partial charge in [0.2, 0.25) is 0 Å². The summed E-state index contributed by atoms with van der Waals surface area (Å²) in [7, 11) is 0. The van der Waals surface area contributed by atoms with Crippen LogP contribution < -0.4 is 4.31 Å². The maximum atomic E-state index is 12.5. The summed E-state index contributed by atoms with van der Waals surface area (Å²) in [6.07, 6.45) is 1.61. The van der Waals surface area contributed by atoms with Gasteiger partial charge in [0.05, 0.1) is 22.4 Å². The molecule has 2 N–H and O–H groups in total. The second kappa shape index (κ2) is 7.47. The van der Waals surface area contributed by atoms with Crippen molar-refractivity contribution < 1.29 is 18.7 Å². The number of para-hydroxylation sites is 1. The van der Waals surface area contributed by atoms with Crippen LogP contribution >= 0.6 is 11.6 Å². The van der Waals surface area contributed by atoms with Crippen LogP contribution in [0.2, 0.25) is 5.02 Å². The number of hydrogen-bond donors (Lipinski definition) is 2. The molecule has 0 saturated heterocycles. The van der Waals surface area contributed by atoms with Gasteiger partial charge >= 0.3 is 5.97 Å². The van der Waals surface area contributed by atoms with E-state index in [2.05, 4.69) is 4.98 Å². The largest absolute Gasteiger partial charge is 0.480 e. The number of carbonyl (C=O) groups is 1. The Hall–Kier alpha value is -2.94. The third-order valence-electron chi connectivity index (χ3n) is 4.73. The number of pyridine rings is 1. The van der Waals surface area contributed by atoms with E-state index in [1.807, 2.05) is 12.1 Å². The second-order valence-corrected chi connectivity index (χ2v) is 7.72. The SMILES string of the molecule is Cc1c(N(c2cccc3cccnc23)S(=O)O)c2cc(Cl)ccc2n1CC(=O)O. The zero-order chi connectivity index (χ0) is 20.7. The Morgan fingerprint density at radius 1 is 1.24 bits per heavy atom. The molecule has 0 saturated carbocycles. The summed E-state index contributed by atoms with van der Waals surface area (Å²) in [4.78, 5) is 15.8. The Labute approximate surface area is 173 Å². The Kier molecular flexibility index (Phi) is 4.99. The molecule has 7 nitrogen and oxygen atoms in total. The van der Waals surface area contributed by atoms with E-state index in [0.717, 1.165) is 5.39 Å². The van der Waals surface area contributed by atoms with Crippen LogP contribution in [0.3, 0.4) is 0 Å². The van der Waals surface area contributed by atoms with Crippen LogP contribution in [0, 0.1) is 6.92 Å². The van der Waals surface area contributed by atoms with Crippen molar-refractivity contribution in [2.75, 3.05) is 4.31 Å². The molecule has 0 aliphatic carbocycles. The minimum Gasteiger partial charge on any atom is -0.480 e. The summed E-state index contributed by atoms with van der Waals surface area (Å²) in [5.74, 6) is -1.02. The predicted molar refractivity (Wildman–Crippen MR) is 114 cm³/mol. The fourth-order valence-electron chi connectivity index (χ4n) is 3.57. The molecule has 29 heavy (non-hydrogen) atoms. The van der Waals surface area contributed by atoms with E-state index >= 15 is 0 Å². The minimum absolute atomic E-state index is 0.288. The zero-order valence-corrected chi connectivity index (χ0v) is 16.8. The van der Waals surface area contributed by atoms with E-state index in [4.69, 9.17) is 11.6 Å². The smallest absolute Gasteiger partial charge is 0.323 e. The van der Waals surface area contributed by atoms with E-state index < -0.39 is 17.2 Å². The average molecular weight is 430 g/mol. The molecule has 0 spiro atoms. The summed E-state index contributed by atoms with van der Waals surface area (Å²) < 4.78 is 25.6. The van der Waals surface area contributed by atoms with E-state index in [1.165, 1.54) is 4.31 Å². The van der Waals surface area contributed by atoms with Gasteiger partial charge in [-0.05, 0) is 37.3 Å². The number of aromatic nitrogens is 2. The van der Waals surface area contributed by atoms with Crippen molar-refractivity contribution in [1.29, 1.82) is 0 Å². The van der Waals surface area contributed by atoms with Crippen LogP contribution in [0.15, 0.2) is 54.7 Å². The van der Waals surface area contributed by atoms with Crippen LogP contribution in [-0.2, 0) is 22.6 Å². The average Bonchev–Trinajstić information content (AvgIpc) is 2.93. The first-order valence-corrected chi connectivity index (χ1v) is 10.1. The molecule has 9 heteroatoms. The Morgan fingerprint density at radius 3 is 2.72 bits per heavy atom. The fourth-order valence-corrected chi connectivity index (χ4v) is 4.44. The molecular weight excluding hydrogens is 414 g/mol. The highest BCUT2D eigenvalue weighted by atomic mass is 35.5. The molecule has 2 heterocycles. The lowest BCUT2D eigenvalue weighted by molar-refractivity contribution is -0.137. The number of carboxylic acid groups (broad SMARTS) is 1. The maximum Gasteiger partial charge on any atom is 0.323 e. The summed E-state index contributed by atoms with van der Waals surface area (Å²) in [6, 6.07) is 14.0. The van der Waals surface area contributed by atoms with Gasteiger partial charge in [-0.25, -0.2) is 8.51 Å². The van der Waals surface area contributed by atoms with Gasteiger partial charge in [-0.2, -0.15) is 0 Å². The third-order valence-corrected chi connectivity index (χ3v) is 5.66. The first-order valence-electron chi connectivity index (χ1n) is 8.63. The van der Waals surface area contributed by atoms with Crippen LogP contribution in [-0.4, -0.2) is 29.4 Å². The van der Waals surface area contributed by atoms with Crippen LogP contribution in [0.25, 0.3) is 21.8 Å². The number of nitrogens with zero attached hydrogens (tertiary/aromatic N) is 3. The second-order valence-electron chi connectivity index (χ2n) is 6.45. The van der Waals surface area contributed by atoms with Crippen molar-refractivity contribution >= 4 is 62.0 Å². The molecule has 2 aromatic heterocycles. The molecule has 2 aromatic carbocycles. The maximum absolute atomic E-state index is 12.5. The monoisotopic (exact) mass is 429 g/mol. The topological polar surface area (TPSA) is 95.7 Å². The molecule has 1 unspecified atom stereocenters. The van der Waals surface area contributed by atoms with Gasteiger partial charge < -0.3 is 9.67 Å². The van der Waals surface area contributed by atoms with Crippen molar-refractivity contribution in [2.45, 2.75) is 13.5 Å². The highest BCUT2D eigenvalue weighted by molar-refractivity contribution is 7.81. The standard InChI is InChI=1S/C20H16ClN3O4S/c1-12-20(15-10-14(21)7-8-16(15)23(12)11-18(25)26)24(29(27)28)17-6-2-4-13-5-3-9-22-19(13)17/h2-10H,11H2,1H3,(H,25,26)(H,27,28). The first kappa shape index (κ1) is 19.4. The van der Waals surface area contributed by atoms with Gasteiger partial charge in [0.25, 0.3) is 11.3 Å². The van der Waals surface area contributed by atoms with Gasteiger partial charge in [0, 0.05) is 27.7 Å². The van der Waals surface area contributed by atoms with Crippen molar-refractivity contribution in [3.8, 4) is 0 Å². The predicted octanol–water partition coefficient (Wildman–Crippen LogP) is 4.51. The van der Waals surface area contributed by atoms with Crippen LogP contribution in [0.4, 0.5) is 11.4 Å². The van der Waals surface area contributed by atoms with Gasteiger partial charge in [0.15, 0.2) is 0 Å². The van der Waals surface area contributed by atoms with Crippen molar-refractivity contribution in [1.82, 2.24) is 9.55 Å². The third kappa shape index (κ3) is 3.35. The number of hydrogen-bond acceptors (Lipinski definition) is 3. The van der Waals surface area contributed by atoms with Gasteiger partial charge in [-0.1, -0.05) is 29.8 Å². The molecule has 0 amide bonds. The molecule has 148 valence electrons. The number of halogens is 1. The fraction of sp³-hybridized carbons (Fsp3) is 0.100. The number of fused-ring (bicyclic) bond motifs is 2. The molecular formula is C20H16ClN3O4S. The number of anilines is 2. The molecule has 0 bridgehead atoms. The Bertz CT molecular complexity index is 1280. The number of rotatable bonds is 5. The van der Waals surface area contributed by atoms with Crippen molar-refractivity contribution in [3.63, 3.8) is 0 Å². The van der Waals surface area contributed by atoms with E-state index in [0.29, 0.717) is 38.5 Å². The van der Waals surface area contributed by atoms with Gasteiger partial charge in [-0.3, -0.25) is 14.3 Å². The normalized spacial score (nSPS) is 12.4. The van der Waals surface area contributed by atoms with Crippen molar-refractivity contribution in [3.05, 3.63) is 65.4 Å². The van der Waals surface area contributed by atoms with E-state index in [1.54, 1.807) is 54.1 Å². The van der Waals surface area contributed by atoms with E-state index in [9.17, 15) is 18.7 Å². The van der Waals surface area contributed by atoms with Gasteiger partial charge in [0.1, 0.15) is 6.54 Å². The van der Waals surface area contributed by atoms with Crippen LogP contribution in [0.1, 0.15) is 5.69 Å². The minimum atomic E-state index is -2.44. The quantitative estimate of drug-likeness (QED) is 0.455. The Balaban J connectivity index is 2.07. The number of aliphatic carboxylic acids is 1. The molecule has 4 rings (SSSR count).